The molecule has 1 heterocycles. The molecular weight excluding hydrogens is 557 g/mol. The van der Waals surface area contributed by atoms with Gasteiger partial charge in [-0.05, 0) is 49.1 Å². The van der Waals surface area contributed by atoms with Crippen molar-refractivity contribution in [2.45, 2.75) is 64.3 Å². The van der Waals surface area contributed by atoms with Crippen LogP contribution in [-0.4, -0.2) is 42.5 Å². The van der Waals surface area contributed by atoms with Gasteiger partial charge < -0.3 is 16.4 Å². The lowest BCUT2D eigenvalue weighted by Crippen LogP contribution is -2.49. The van der Waals surface area contributed by atoms with E-state index in [2.05, 4.69) is 22.5 Å². The van der Waals surface area contributed by atoms with Crippen LogP contribution in [0.25, 0.3) is 0 Å². The van der Waals surface area contributed by atoms with Crippen molar-refractivity contribution < 1.29 is 23.2 Å². The predicted octanol–water partition coefficient (Wildman–Crippen LogP) is 5.70. The summed E-state index contributed by atoms with van der Waals surface area (Å²) in [6, 6.07) is 17.0. The standard InChI is InChI=1S/C31H40FN5O4S/c1-4-6-14-27(33)28(17-22-11-8-7-9-12-22)35-30(38)24-18-25(20-26(19-24)37(16-5-2)42-41-40-3)31(39)36-29(32)23-13-10-15-34-21-23/h7-13,15,18-21,27-29H,4-6,14,16-17,33H2,1-3H3,(H,35,38)(H,36,39)/t27-,28-,29?/m0/s1. The van der Waals surface area contributed by atoms with E-state index in [9.17, 15) is 14.0 Å². The molecule has 0 bridgehead atoms. The van der Waals surface area contributed by atoms with Crippen LogP contribution in [0.4, 0.5) is 10.1 Å². The smallest absolute Gasteiger partial charge is 0.253 e. The van der Waals surface area contributed by atoms with Gasteiger partial charge >= 0.3 is 0 Å². The lowest BCUT2D eigenvalue weighted by molar-refractivity contribution is -0.160. The van der Waals surface area contributed by atoms with Gasteiger partial charge in [-0.3, -0.25) is 18.9 Å². The van der Waals surface area contributed by atoms with E-state index in [1.807, 2.05) is 37.3 Å². The van der Waals surface area contributed by atoms with Gasteiger partial charge in [-0.1, -0.05) is 63.1 Å². The second-order valence-electron chi connectivity index (χ2n) is 9.88. The van der Waals surface area contributed by atoms with Gasteiger partial charge in [0.2, 0.25) is 0 Å². The third-order valence-electron chi connectivity index (χ3n) is 6.60. The summed E-state index contributed by atoms with van der Waals surface area (Å²) in [4.78, 5) is 35.6. The highest BCUT2D eigenvalue weighted by molar-refractivity contribution is 7.96. The van der Waals surface area contributed by atoms with Gasteiger partial charge in [0.15, 0.2) is 18.5 Å². The van der Waals surface area contributed by atoms with E-state index in [1.165, 1.54) is 31.6 Å². The lowest BCUT2D eigenvalue weighted by atomic mass is 9.95. The van der Waals surface area contributed by atoms with Crippen LogP contribution in [-0.2, 0) is 15.6 Å². The zero-order valence-corrected chi connectivity index (χ0v) is 25.1. The number of nitrogens with one attached hydrogen (secondary N) is 2. The summed E-state index contributed by atoms with van der Waals surface area (Å²) < 4.78 is 21.8. The van der Waals surface area contributed by atoms with Gasteiger partial charge in [0, 0.05) is 47.7 Å². The van der Waals surface area contributed by atoms with Crippen molar-refractivity contribution in [1.29, 1.82) is 0 Å². The number of nitrogens with zero attached hydrogens (tertiary/aromatic N) is 2. The molecular formula is C31H40FN5O4S. The van der Waals surface area contributed by atoms with E-state index in [0.717, 1.165) is 43.5 Å². The zero-order chi connectivity index (χ0) is 30.3. The number of anilines is 1. The Kier molecular flexibility index (Phi) is 13.7. The minimum atomic E-state index is -1.78. The highest BCUT2D eigenvalue weighted by Gasteiger charge is 2.24. The third kappa shape index (κ3) is 10.1. The van der Waals surface area contributed by atoms with E-state index in [4.69, 9.17) is 15.0 Å². The second kappa shape index (κ2) is 17.4. The summed E-state index contributed by atoms with van der Waals surface area (Å²) in [5, 5.41) is 5.46. The van der Waals surface area contributed by atoms with Crippen molar-refractivity contribution in [3.05, 3.63) is 95.3 Å². The number of carbonyl (C=O) groups excluding carboxylic acids is 2. The Morgan fingerprint density at radius 1 is 1.02 bits per heavy atom. The first kappa shape index (κ1) is 33.0. The first-order valence-corrected chi connectivity index (χ1v) is 14.8. The number of amides is 2. The Bertz CT molecular complexity index is 1250. The molecule has 1 aromatic heterocycles. The van der Waals surface area contributed by atoms with Gasteiger partial charge in [-0.25, -0.2) is 9.28 Å². The van der Waals surface area contributed by atoms with Crippen molar-refractivity contribution in [3.8, 4) is 0 Å². The fraction of sp³-hybridized carbons (Fsp3) is 0.387. The van der Waals surface area contributed by atoms with Crippen LogP contribution < -0.4 is 20.7 Å². The summed E-state index contributed by atoms with van der Waals surface area (Å²) in [5.74, 6) is -1.08. The summed E-state index contributed by atoms with van der Waals surface area (Å²) in [6.07, 6.45) is 5.07. The summed E-state index contributed by atoms with van der Waals surface area (Å²) >= 11 is 0.926. The third-order valence-corrected chi connectivity index (χ3v) is 7.37. The molecule has 0 aliphatic heterocycles. The maximum absolute atomic E-state index is 14.9. The van der Waals surface area contributed by atoms with E-state index in [1.54, 1.807) is 22.5 Å². The molecule has 11 heteroatoms. The molecule has 3 rings (SSSR count). The Morgan fingerprint density at radius 3 is 2.36 bits per heavy atom. The monoisotopic (exact) mass is 597 g/mol. The van der Waals surface area contributed by atoms with E-state index in [-0.39, 0.29) is 28.8 Å². The molecule has 4 N–H and O–H groups in total. The van der Waals surface area contributed by atoms with Crippen LogP contribution in [0.15, 0.2) is 73.1 Å². The molecule has 9 nitrogen and oxygen atoms in total. The number of rotatable bonds is 17. The average Bonchev–Trinajstić information content (AvgIpc) is 3.02. The van der Waals surface area contributed by atoms with Crippen molar-refractivity contribution in [1.82, 2.24) is 15.6 Å². The van der Waals surface area contributed by atoms with Gasteiger partial charge in [-0.15, -0.1) is 4.33 Å². The zero-order valence-electron chi connectivity index (χ0n) is 24.3. The fourth-order valence-electron chi connectivity index (χ4n) is 4.37. The number of nitrogens with two attached hydrogens (primary N) is 1. The number of unbranched alkanes of at least 4 members (excludes halogenated alkanes) is 1. The number of alkyl halides is 1. The maximum Gasteiger partial charge on any atom is 0.253 e. The molecule has 1 unspecified atom stereocenters. The van der Waals surface area contributed by atoms with Crippen LogP contribution in [0.3, 0.4) is 0 Å². The molecule has 0 saturated carbocycles. The Labute approximate surface area is 251 Å². The van der Waals surface area contributed by atoms with E-state index >= 15 is 0 Å². The Hall–Kier alpha value is -3.51. The normalized spacial score (nSPS) is 13.2. The first-order valence-electron chi connectivity index (χ1n) is 14.1. The van der Waals surface area contributed by atoms with E-state index in [0.29, 0.717) is 18.7 Å². The Balaban J connectivity index is 1.93. The van der Waals surface area contributed by atoms with Gasteiger partial charge in [-0.2, -0.15) is 0 Å². The summed E-state index contributed by atoms with van der Waals surface area (Å²) in [6.45, 7) is 4.61. The molecule has 0 aliphatic rings. The molecule has 0 spiro atoms. The average molecular weight is 598 g/mol. The predicted molar refractivity (Wildman–Crippen MR) is 164 cm³/mol. The quantitative estimate of drug-likeness (QED) is 0.0597. The first-order chi connectivity index (χ1) is 20.4. The molecule has 3 atom stereocenters. The molecule has 226 valence electrons. The number of hydrogen-bond donors (Lipinski definition) is 3. The van der Waals surface area contributed by atoms with Crippen molar-refractivity contribution in [2.24, 2.45) is 5.73 Å². The number of pyridine rings is 1. The van der Waals surface area contributed by atoms with Gasteiger partial charge in [0.1, 0.15) is 0 Å². The molecule has 2 amide bonds. The highest BCUT2D eigenvalue weighted by atomic mass is 32.2. The number of carbonyl (C=O) groups is 2. The topological polar surface area (TPSA) is 119 Å². The highest BCUT2D eigenvalue weighted by Crippen LogP contribution is 2.27. The van der Waals surface area contributed by atoms with Crippen LogP contribution in [0.5, 0.6) is 0 Å². The van der Waals surface area contributed by atoms with Gasteiger partial charge in [0.05, 0.1) is 12.8 Å². The number of halogens is 1. The van der Waals surface area contributed by atoms with Crippen LogP contribution in [0.1, 0.15) is 77.7 Å². The molecule has 42 heavy (non-hydrogen) atoms. The fourth-order valence-corrected chi connectivity index (χ4v) is 4.96. The molecule has 0 aliphatic carbocycles. The number of aromatic nitrogens is 1. The second-order valence-corrected chi connectivity index (χ2v) is 10.6. The van der Waals surface area contributed by atoms with Crippen LogP contribution in [0, 0.1) is 0 Å². The molecule has 0 saturated heterocycles. The molecule has 3 aromatic rings. The summed E-state index contributed by atoms with van der Waals surface area (Å²) in [7, 11) is 1.38. The van der Waals surface area contributed by atoms with Crippen LogP contribution in [0.2, 0.25) is 0 Å². The SMILES string of the molecule is CCCC[C@H](N)[C@H](Cc1ccccc1)NC(=O)c1cc(C(=O)NC(F)c2cccnc2)cc(N(CCC)SOOC)c1. The molecule has 0 fully saturated rings. The van der Waals surface area contributed by atoms with Crippen molar-refractivity contribution in [3.63, 3.8) is 0 Å². The minimum absolute atomic E-state index is 0.109. The number of benzene rings is 2. The lowest BCUT2D eigenvalue weighted by Gasteiger charge is -2.26. The van der Waals surface area contributed by atoms with E-state index < -0.39 is 18.1 Å². The largest absolute Gasteiger partial charge is 0.347 e. The molecule has 2 aromatic carbocycles. The van der Waals surface area contributed by atoms with Crippen molar-refractivity contribution >= 4 is 29.7 Å². The minimum Gasteiger partial charge on any atom is -0.347 e. The number of hydrogen-bond acceptors (Lipinski definition) is 8. The van der Waals surface area contributed by atoms with Crippen molar-refractivity contribution in [2.75, 3.05) is 18.0 Å². The summed E-state index contributed by atoms with van der Waals surface area (Å²) in [5.41, 5.74) is 8.69. The van der Waals surface area contributed by atoms with Gasteiger partial charge in [0.25, 0.3) is 11.8 Å². The van der Waals surface area contributed by atoms with Crippen LogP contribution >= 0.6 is 12.2 Å². The maximum atomic E-state index is 14.9. The Morgan fingerprint density at radius 2 is 1.74 bits per heavy atom. The molecule has 0 radical (unpaired) electrons.